The smallest absolute Gasteiger partial charge is 0.270 e. The molecule has 2 N–H and O–H groups in total. The van der Waals surface area contributed by atoms with Crippen LogP contribution in [0.4, 0.5) is 0 Å². The largest absolute Gasteiger partial charge is 0.354 e. The van der Waals surface area contributed by atoms with E-state index in [1.165, 1.54) is 24.3 Å². The molecule has 0 aliphatic rings. The first-order chi connectivity index (χ1) is 5.86. The molecule has 0 saturated carbocycles. The van der Waals surface area contributed by atoms with Gasteiger partial charge in [-0.25, -0.2) is 8.42 Å². The summed E-state index contributed by atoms with van der Waals surface area (Å²) in [6.07, 6.45) is 0. The number of rotatable bonds is 2. The molecule has 0 aliphatic carbocycles. The lowest BCUT2D eigenvalue weighted by molar-refractivity contribution is -0.0681. The Morgan fingerprint density at radius 3 is 2.00 bits per heavy atom. The fraction of sp³-hybridized carbons (Fsp3) is 0.250. The first-order valence-electron chi connectivity index (χ1n) is 3.60. The van der Waals surface area contributed by atoms with Crippen molar-refractivity contribution in [2.45, 2.75) is 16.9 Å². The van der Waals surface area contributed by atoms with Crippen LogP contribution in [0.15, 0.2) is 35.2 Å². The molecule has 1 rings (SSSR count). The molecule has 4 nitrogen and oxygen atoms in total. The third-order valence-corrected chi connectivity index (χ3v) is 3.47. The molecule has 0 heterocycles. The Morgan fingerprint density at radius 2 is 1.62 bits per heavy atom. The van der Waals surface area contributed by atoms with Gasteiger partial charge in [0.15, 0.2) is 0 Å². The third-order valence-electron chi connectivity index (χ3n) is 1.56. The summed E-state index contributed by atoms with van der Waals surface area (Å²) in [5.41, 5.74) is 0. The van der Waals surface area contributed by atoms with E-state index < -0.39 is 15.0 Å². The number of aliphatic hydroxyl groups is 2. The van der Waals surface area contributed by atoms with Crippen LogP contribution in [-0.4, -0.2) is 23.7 Å². The van der Waals surface area contributed by atoms with Crippen LogP contribution < -0.4 is 0 Å². The van der Waals surface area contributed by atoms with Crippen LogP contribution in [0.5, 0.6) is 0 Å². The second kappa shape index (κ2) is 3.10. The summed E-state index contributed by atoms with van der Waals surface area (Å²) < 4.78 is 22.7. The van der Waals surface area contributed by atoms with Crippen LogP contribution in [0.3, 0.4) is 0 Å². The van der Waals surface area contributed by atoms with Crippen molar-refractivity contribution in [3.63, 3.8) is 0 Å². The molecule has 1 aromatic carbocycles. The van der Waals surface area contributed by atoms with E-state index in [0.29, 0.717) is 0 Å². The Hall–Kier alpha value is -0.910. The van der Waals surface area contributed by atoms with E-state index in [4.69, 9.17) is 10.2 Å². The molecular formula is C8H10O4S. The predicted molar refractivity (Wildman–Crippen MR) is 46.5 cm³/mol. The van der Waals surface area contributed by atoms with Gasteiger partial charge in [-0.15, -0.1) is 0 Å². The molecule has 0 radical (unpaired) electrons. The quantitative estimate of drug-likeness (QED) is 0.668. The van der Waals surface area contributed by atoms with E-state index in [1.807, 2.05) is 0 Å². The first-order valence-corrected chi connectivity index (χ1v) is 5.08. The zero-order chi connectivity index (χ0) is 10.1. The molecule has 13 heavy (non-hydrogen) atoms. The van der Waals surface area contributed by atoms with Gasteiger partial charge >= 0.3 is 0 Å². The third kappa shape index (κ3) is 1.88. The van der Waals surface area contributed by atoms with Gasteiger partial charge in [0.25, 0.3) is 5.12 Å². The zero-order valence-electron chi connectivity index (χ0n) is 7.01. The first kappa shape index (κ1) is 10.2. The topological polar surface area (TPSA) is 74.6 Å². The Bertz CT molecular complexity index is 374. The van der Waals surface area contributed by atoms with Gasteiger partial charge in [-0.3, -0.25) is 0 Å². The van der Waals surface area contributed by atoms with E-state index in [1.54, 1.807) is 6.07 Å². The number of sulfone groups is 1. The van der Waals surface area contributed by atoms with Gasteiger partial charge in [0, 0.05) is 6.92 Å². The van der Waals surface area contributed by atoms with Crippen LogP contribution in [0.25, 0.3) is 0 Å². The fourth-order valence-corrected chi connectivity index (χ4v) is 1.78. The molecule has 0 aliphatic heterocycles. The zero-order valence-corrected chi connectivity index (χ0v) is 7.82. The fourth-order valence-electron chi connectivity index (χ4n) is 0.823. The maximum atomic E-state index is 11.4. The Kier molecular flexibility index (Phi) is 2.42. The van der Waals surface area contributed by atoms with Crippen molar-refractivity contribution in [3.8, 4) is 0 Å². The van der Waals surface area contributed by atoms with E-state index >= 15 is 0 Å². The second-order valence-electron chi connectivity index (χ2n) is 2.75. The molecule has 0 atom stereocenters. The van der Waals surface area contributed by atoms with E-state index in [9.17, 15) is 8.42 Å². The van der Waals surface area contributed by atoms with Gasteiger partial charge in [-0.2, -0.15) is 0 Å². The molecule has 0 aromatic heterocycles. The molecule has 0 spiro atoms. The monoisotopic (exact) mass is 202 g/mol. The molecular weight excluding hydrogens is 192 g/mol. The van der Waals surface area contributed by atoms with Gasteiger partial charge in [-0.1, -0.05) is 18.2 Å². The second-order valence-corrected chi connectivity index (χ2v) is 5.00. The van der Waals surface area contributed by atoms with Crippen LogP contribution >= 0.6 is 0 Å². The predicted octanol–water partition coefficient (Wildman–Crippen LogP) is 0.119. The average Bonchev–Trinajstić information content (AvgIpc) is 2.04. The molecule has 72 valence electrons. The van der Waals surface area contributed by atoms with E-state index in [2.05, 4.69) is 0 Å². The summed E-state index contributed by atoms with van der Waals surface area (Å²) in [7, 11) is -4.07. The number of hydrogen-bond donors (Lipinski definition) is 2. The molecule has 1 aromatic rings. The lowest BCUT2D eigenvalue weighted by Crippen LogP contribution is -2.34. The number of hydrogen-bond acceptors (Lipinski definition) is 4. The van der Waals surface area contributed by atoms with E-state index in [0.717, 1.165) is 6.92 Å². The number of benzene rings is 1. The minimum Gasteiger partial charge on any atom is -0.354 e. The minimum atomic E-state index is -4.07. The van der Waals surface area contributed by atoms with Crippen molar-refractivity contribution in [1.29, 1.82) is 0 Å². The maximum absolute atomic E-state index is 11.4. The Balaban J connectivity index is 3.26. The molecule has 5 heteroatoms. The van der Waals surface area contributed by atoms with Crippen molar-refractivity contribution >= 4 is 9.84 Å². The van der Waals surface area contributed by atoms with Crippen LogP contribution in [0.2, 0.25) is 0 Å². The molecule has 0 bridgehead atoms. The van der Waals surface area contributed by atoms with Crippen molar-refractivity contribution in [2.75, 3.05) is 0 Å². The van der Waals surface area contributed by atoms with E-state index in [-0.39, 0.29) is 4.90 Å². The minimum absolute atomic E-state index is 0.109. The van der Waals surface area contributed by atoms with Gasteiger partial charge < -0.3 is 10.2 Å². The van der Waals surface area contributed by atoms with Gasteiger partial charge in [-0.05, 0) is 12.1 Å². The SMILES string of the molecule is CC(O)(O)S(=O)(=O)c1ccccc1. The highest BCUT2D eigenvalue weighted by molar-refractivity contribution is 7.92. The Morgan fingerprint density at radius 1 is 1.15 bits per heavy atom. The van der Waals surface area contributed by atoms with Gasteiger partial charge in [0.1, 0.15) is 0 Å². The summed E-state index contributed by atoms with van der Waals surface area (Å²) in [5.74, 6) is 0. The highest BCUT2D eigenvalue weighted by Crippen LogP contribution is 2.19. The van der Waals surface area contributed by atoms with Crippen molar-refractivity contribution in [1.82, 2.24) is 0 Å². The summed E-state index contributed by atoms with van der Waals surface area (Å²) in [4.78, 5) is -0.109. The maximum Gasteiger partial charge on any atom is 0.270 e. The van der Waals surface area contributed by atoms with Crippen LogP contribution in [0, 0.1) is 0 Å². The van der Waals surface area contributed by atoms with Crippen molar-refractivity contribution in [2.24, 2.45) is 0 Å². The van der Waals surface area contributed by atoms with Crippen molar-refractivity contribution < 1.29 is 18.6 Å². The highest BCUT2D eigenvalue weighted by Gasteiger charge is 2.35. The van der Waals surface area contributed by atoms with Gasteiger partial charge in [0.2, 0.25) is 9.84 Å². The Labute approximate surface area is 76.4 Å². The summed E-state index contributed by atoms with van der Waals surface area (Å²) >= 11 is 0. The van der Waals surface area contributed by atoms with Crippen molar-refractivity contribution in [3.05, 3.63) is 30.3 Å². The average molecular weight is 202 g/mol. The van der Waals surface area contributed by atoms with Crippen LogP contribution in [0.1, 0.15) is 6.92 Å². The molecule has 0 fully saturated rings. The normalized spacial score (nSPS) is 12.8. The summed E-state index contributed by atoms with van der Waals surface area (Å²) in [5, 5.41) is 15.2. The summed E-state index contributed by atoms with van der Waals surface area (Å²) in [6.45, 7) is 0.815. The van der Waals surface area contributed by atoms with Crippen LogP contribution in [-0.2, 0) is 9.84 Å². The lowest BCUT2D eigenvalue weighted by Gasteiger charge is -2.15. The molecule has 0 unspecified atom stereocenters. The highest BCUT2D eigenvalue weighted by atomic mass is 32.2. The lowest BCUT2D eigenvalue weighted by atomic mass is 10.4. The summed E-state index contributed by atoms with van der Waals surface area (Å²) in [6, 6.07) is 7.28. The van der Waals surface area contributed by atoms with Gasteiger partial charge in [0.05, 0.1) is 4.90 Å². The molecule has 0 saturated heterocycles. The molecule has 0 amide bonds. The standard InChI is InChI=1S/C8H10O4S/c1-8(9,10)13(11,12)7-5-3-2-4-6-7/h2-6,9-10H,1H3.